The Morgan fingerprint density at radius 1 is 1.13 bits per heavy atom. The highest BCUT2D eigenvalue weighted by Gasteiger charge is 2.36. The Labute approximate surface area is 182 Å². The largest absolute Gasteiger partial charge is 0.489 e. The van der Waals surface area contributed by atoms with E-state index >= 15 is 0 Å². The van der Waals surface area contributed by atoms with Crippen molar-refractivity contribution in [3.63, 3.8) is 0 Å². The van der Waals surface area contributed by atoms with E-state index in [1.165, 1.54) is 0 Å². The van der Waals surface area contributed by atoms with Crippen LogP contribution in [0.4, 0.5) is 4.79 Å². The molecule has 4 rings (SSSR count). The van der Waals surface area contributed by atoms with E-state index in [1.807, 2.05) is 18.2 Å². The van der Waals surface area contributed by atoms with Crippen molar-refractivity contribution >= 4 is 35.0 Å². The summed E-state index contributed by atoms with van der Waals surface area (Å²) in [5.41, 5.74) is 1.68. The molecule has 0 saturated carbocycles. The SMILES string of the molecule is CCOC(=O)CN1C(=O)S/C(=C\c2ccc(OCc3ccc4c(c3)OCO4)cc2)C1=O. The van der Waals surface area contributed by atoms with Gasteiger partial charge in [0.05, 0.1) is 11.5 Å². The van der Waals surface area contributed by atoms with Crippen LogP contribution in [0.1, 0.15) is 18.1 Å². The van der Waals surface area contributed by atoms with Crippen molar-refractivity contribution in [2.24, 2.45) is 0 Å². The third kappa shape index (κ3) is 4.83. The van der Waals surface area contributed by atoms with Gasteiger partial charge >= 0.3 is 5.97 Å². The molecule has 160 valence electrons. The number of esters is 1. The molecule has 2 heterocycles. The van der Waals surface area contributed by atoms with Gasteiger partial charge in [0.1, 0.15) is 18.9 Å². The minimum atomic E-state index is -0.616. The molecule has 0 N–H and O–H groups in total. The summed E-state index contributed by atoms with van der Waals surface area (Å²) < 4.78 is 21.3. The molecule has 2 aromatic rings. The van der Waals surface area contributed by atoms with Crippen molar-refractivity contribution in [3.05, 3.63) is 58.5 Å². The summed E-state index contributed by atoms with van der Waals surface area (Å²) in [6, 6.07) is 12.8. The number of carbonyl (C=O) groups excluding carboxylic acids is 3. The summed E-state index contributed by atoms with van der Waals surface area (Å²) >= 11 is 0.796. The molecule has 2 amide bonds. The predicted molar refractivity (Wildman–Crippen MR) is 113 cm³/mol. The summed E-state index contributed by atoms with van der Waals surface area (Å²) in [5.74, 6) is 0.958. The van der Waals surface area contributed by atoms with Crippen LogP contribution in [0, 0.1) is 0 Å². The number of imide groups is 1. The van der Waals surface area contributed by atoms with Gasteiger partial charge < -0.3 is 18.9 Å². The number of amides is 2. The topological polar surface area (TPSA) is 91.4 Å². The monoisotopic (exact) mass is 441 g/mol. The lowest BCUT2D eigenvalue weighted by Gasteiger charge is -2.10. The van der Waals surface area contributed by atoms with Gasteiger partial charge in [-0.3, -0.25) is 19.3 Å². The summed E-state index contributed by atoms with van der Waals surface area (Å²) in [4.78, 5) is 37.2. The normalized spacial score (nSPS) is 16.2. The lowest BCUT2D eigenvalue weighted by molar-refractivity contribution is -0.145. The first-order chi connectivity index (χ1) is 15.0. The van der Waals surface area contributed by atoms with E-state index in [2.05, 4.69) is 0 Å². The van der Waals surface area contributed by atoms with Crippen LogP contribution in [0.15, 0.2) is 47.4 Å². The molecule has 2 aliphatic heterocycles. The second-order valence-electron chi connectivity index (χ2n) is 6.62. The molecule has 0 bridgehead atoms. The van der Waals surface area contributed by atoms with Gasteiger partial charge in [0, 0.05) is 0 Å². The summed E-state index contributed by atoms with van der Waals surface area (Å²) in [6.45, 7) is 2.05. The average Bonchev–Trinajstić information content (AvgIpc) is 3.33. The molecule has 1 fully saturated rings. The number of benzene rings is 2. The van der Waals surface area contributed by atoms with E-state index in [9.17, 15) is 14.4 Å². The minimum absolute atomic E-state index is 0.188. The highest BCUT2D eigenvalue weighted by molar-refractivity contribution is 8.18. The number of carbonyl (C=O) groups is 3. The highest BCUT2D eigenvalue weighted by Crippen LogP contribution is 2.33. The molecule has 9 heteroatoms. The molecule has 8 nitrogen and oxygen atoms in total. The maximum atomic E-state index is 12.4. The third-order valence-electron chi connectivity index (χ3n) is 4.49. The molecule has 2 aliphatic rings. The Kier molecular flexibility index (Phi) is 6.13. The Balaban J connectivity index is 1.37. The van der Waals surface area contributed by atoms with Gasteiger partial charge in [-0.2, -0.15) is 0 Å². The fourth-order valence-corrected chi connectivity index (χ4v) is 3.82. The number of thioether (sulfide) groups is 1. The maximum Gasteiger partial charge on any atom is 0.326 e. The van der Waals surface area contributed by atoms with E-state index in [4.69, 9.17) is 18.9 Å². The highest BCUT2D eigenvalue weighted by atomic mass is 32.2. The third-order valence-corrected chi connectivity index (χ3v) is 5.39. The Morgan fingerprint density at radius 3 is 2.68 bits per heavy atom. The molecule has 0 aliphatic carbocycles. The molecule has 0 aromatic heterocycles. The summed E-state index contributed by atoms with van der Waals surface area (Å²) in [6.07, 6.45) is 1.61. The van der Waals surface area contributed by atoms with Crippen LogP contribution in [-0.4, -0.2) is 42.0 Å². The number of nitrogens with zero attached hydrogens (tertiary/aromatic N) is 1. The first-order valence-corrected chi connectivity index (χ1v) is 10.4. The van der Waals surface area contributed by atoms with Gasteiger partial charge in [-0.05, 0) is 60.2 Å². The minimum Gasteiger partial charge on any atom is -0.489 e. The van der Waals surface area contributed by atoms with Crippen molar-refractivity contribution in [1.82, 2.24) is 4.90 Å². The van der Waals surface area contributed by atoms with Gasteiger partial charge in [0.15, 0.2) is 11.5 Å². The second kappa shape index (κ2) is 9.13. The van der Waals surface area contributed by atoms with Crippen molar-refractivity contribution < 1.29 is 33.3 Å². The van der Waals surface area contributed by atoms with Gasteiger partial charge in [-0.25, -0.2) is 0 Å². The lowest BCUT2D eigenvalue weighted by Crippen LogP contribution is -2.34. The smallest absolute Gasteiger partial charge is 0.326 e. The van der Waals surface area contributed by atoms with Gasteiger partial charge in [0.25, 0.3) is 11.1 Å². The number of hydrogen-bond donors (Lipinski definition) is 0. The van der Waals surface area contributed by atoms with E-state index in [0.717, 1.165) is 33.5 Å². The Bertz CT molecular complexity index is 1050. The number of rotatable bonds is 7. The molecule has 0 atom stereocenters. The molecule has 0 spiro atoms. The molecular formula is C22H19NO7S. The van der Waals surface area contributed by atoms with Crippen LogP contribution < -0.4 is 14.2 Å². The van der Waals surface area contributed by atoms with Gasteiger partial charge in [-0.15, -0.1) is 0 Å². The van der Waals surface area contributed by atoms with Crippen LogP contribution >= 0.6 is 11.8 Å². The fourth-order valence-electron chi connectivity index (χ4n) is 2.98. The average molecular weight is 441 g/mol. The first-order valence-electron chi connectivity index (χ1n) is 9.56. The van der Waals surface area contributed by atoms with E-state index in [-0.39, 0.29) is 24.8 Å². The zero-order valence-corrected chi connectivity index (χ0v) is 17.5. The summed E-state index contributed by atoms with van der Waals surface area (Å²) in [7, 11) is 0. The van der Waals surface area contributed by atoms with Gasteiger partial charge in [-0.1, -0.05) is 18.2 Å². The Morgan fingerprint density at radius 2 is 1.90 bits per heavy atom. The standard InChI is InChI=1S/C22H19NO7S/c1-2-27-20(24)11-23-21(25)19(31-22(23)26)10-14-3-6-16(7-4-14)28-12-15-5-8-17-18(9-15)30-13-29-17/h3-10H,2,11-13H2,1H3/b19-10-. The zero-order valence-electron chi connectivity index (χ0n) is 16.7. The predicted octanol–water partition coefficient (Wildman–Crippen LogP) is 3.59. The van der Waals surface area contributed by atoms with Crippen molar-refractivity contribution in [2.45, 2.75) is 13.5 Å². The molecule has 0 radical (unpaired) electrons. The van der Waals surface area contributed by atoms with Crippen molar-refractivity contribution in [1.29, 1.82) is 0 Å². The van der Waals surface area contributed by atoms with Crippen LogP contribution in [-0.2, 0) is 20.9 Å². The number of ether oxygens (including phenoxy) is 4. The van der Waals surface area contributed by atoms with Gasteiger partial charge in [0.2, 0.25) is 6.79 Å². The fraction of sp³-hybridized carbons (Fsp3) is 0.227. The van der Waals surface area contributed by atoms with Crippen LogP contribution in [0.25, 0.3) is 6.08 Å². The van der Waals surface area contributed by atoms with Crippen molar-refractivity contribution in [3.8, 4) is 17.2 Å². The van der Waals surface area contributed by atoms with E-state index in [0.29, 0.717) is 18.1 Å². The molecule has 31 heavy (non-hydrogen) atoms. The van der Waals surface area contributed by atoms with E-state index < -0.39 is 17.1 Å². The second-order valence-corrected chi connectivity index (χ2v) is 7.61. The molecule has 0 unspecified atom stereocenters. The molecule has 2 aromatic carbocycles. The zero-order chi connectivity index (χ0) is 21.8. The Hall–Kier alpha value is -3.46. The summed E-state index contributed by atoms with van der Waals surface area (Å²) in [5, 5.41) is -0.493. The maximum absolute atomic E-state index is 12.4. The van der Waals surface area contributed by atoms with Crippen LogP contribution in [0.2, 0.25) is 0 Å². The van der Waals surface area contributed by atoms with Crippen molar-refractivity contribution in [2.75, 3.05) is 19.9 Å². The van der Waals surface area contributed by atoms with Crippen LogP contribution in [0.3, 0.4) is 0 Å². The quantitative estimate of drug-likeness (QED) is 0.476. The van der Waals surface area contributed by atoms with E-state index in [1.54, 1.807) is 37.3 Å². The number of fused-ring (bicyclic) bond motifs is 1. The number of hydrogen-bond acceptors (Lipinski definition) is 8. The molecule has 1 saturated heterocycles. The van der Waals surface area contributed by atoms with Crippen LogP contribution in [0.5, 0.6) is 17.2 Å². The first kappa shape index (κ1) is 20.8. The lowest BCUT2D eigenvalue weighted by atomic mass is 10.2. The molecular weight excluding hydrogens is 422 g/mol.